The van der Waals surface area contributed by atoms with Crippen molar-refractivity contribution < 1.29 is 4.39 Å². The Hall–Kier alpha value is -1.09. The molecule has 94 valence electrons. The summed E-state index contributed by atoms with van der Waals surface area (Å²) in [5, 5.41) is 0. The summed E-state index contributed by atoms with van der Waals surface area (Å²) in [6, 6.07) is 5.45. The minimum Gasteiger partial charge on any atom is -0.398 e. The predicted molar refractivity (Wildman–Crippen MR) is 69.2 cm³/mol. The van der Waals surface area contributed by atoms with Crippen LogP contribution >= 0.6 is 0 Å². The maximum atomic E-state index is 13.0. The Bertz CT molecular complexity index is 374. The van der Waals surface area contributed by atoms with Crippen LogP contribution in [0.25, 0.3) is 0 Å². The van der Waals surface area contributed by atoms with Crippen LogP contribution in [0.1, 0.15) is 38.2 Å². The zero-order valence-corrected chi connectivity index (χ0v) is 10.5. The molecule has 0 unspecified atom stereocenters. The average molecular weight is 236 g/mol. The van der Waals surface area contributed by atoms with Crippen molar-refractivity contribution in [3.8, 4) is 0 Å². The van der Waals surface area contributed by atoms with E-state index in [0.717, 1.165) is 24.7 Å². The van der Waals surface area contributed by atoms with E-state index >= 15 is 0 Å². The molecule has 1 aromatic rings. The fraction of sp³-hybridized carbons (Fsp3) is 0.571. The number of rotatable bonds is 6. The molecule has 0 aromatic heterocycles. The van der Waals surface area contributed by atoms with Crippen molar-refractivity contribution in [1.82, 2.24) is 4.90 Å². The molecule has 0 spiro atoms. The third-order valence-corrected chi connectivity index (χ3v) is 3.34. The molecule has 0 heterocycles. The van der Waals surface area contributed by atoms with Crippen molar-refractivity contribution in [2.75, 3.05) is 12.3 Å². The van der Waals surface area contributed by atoms with E-state index in [1.807, 2.05) is 6.07 Å². The summed E-state index contributed by atoms with van der Waals surface area (Å²) in [7, 11) is 0. The number of hydrogen-bond acceptors (Lipinski definition) is 2. The lowest BCUT2D eigenvalue weighted by atomic mass is 10.1. The first-order valence-corrected chi connectivity index (χ1v) is 6.48. The summed E-state index contributed by atoms with van der Waals surface area (Å²) in [5.41, 5.74) is 7.48. The summed E-state index contributed by atoms with van der Waals surface area (Å²) < 4.78 is 13.0. The predicted octanol–water partition coefficient (Wildman–Crippen LogP) is 3.17. The van der Waals surface area contributed by atoms with E-state index in [2.05, 4.69) is 11.8 Å². The zero-order chi connectivity index (χ0) is 12.3. The highest BCUT2D eigenvalue weighted by atomic mass is 19.1. The van der Waals surface area contributed by atoms with E-state index in [4.69, 9.17) is 5.73 Å². The molecule has 17 heavy (non-hydrogen) atoms. The topological polar surface area (TPSA) is 29.3 Å². The van der Waals surface area contributed by atoms with Crippen LogP contribution in [0.5, 0.6) is 0 Å². The highest BCUT2D eigenvalue weighted by Gasteiger charge is 2.28. The molecule has 1 aliphatic rings. The molecule has 0 amide bonds. The molecule has 0 saturated heterocycles. The van der Waals surface area contributed by atoms with Crippen molar-refractivity contribution >= 4 is 5.69 Å². The van der Waals surface area contributed by atoms with E-state index in [0.29, 0.717) is 5.69 Å². The highest BCUT2D eigenvalue weighted by Crippen LogP contribution is 2.29. The number of anilines is 1. The molecule has 3 heteroatoms. The molecular formula is C14H21FN2. The summed E-state index contributed by atoms with van der Waals surface area (Å²) in [5.74, 6) is -0.252. The fourth-order valence-corrected chi connectivity index (χ4v) is 2.12. The lowest BCUT2D eigenvalue weighted by Crippen LogP contribution is -2.27. The molecule has 0 atom stereocenters. The maximum Gasteiger partial charge on any atom is 0.125 e. The monoisotopic (exact) mass is 236 g/mol. The Morgan fingerprint density at radius 1 is 1.41 bits per heavy atom. The molecule has 2 N–H and O–H groups in total. The van der Waals surface area contributed by atoms with Crippen molar-refractivity contribution in [2.45, 2.75) is 45.2 Å². The van der Waals surface area contributed by atoms with Gasteiger partial charge in [-0.2, -0.15) is 0 Å². The van der Waals surface area contributed by atoms with Gasteiger partial charge in [0.15, 0.2) is 0 Å². The van der Waals surface area contributed by atoms with Gasteiger partial charge in [-0.15, -0.1) is 0 Å². The van der Waals surface area contributed by atoms with Crippen LogP contribution < -0.4 is 5.73 Å². The minimum atomic E-state index is -0.252. The van der Waals surface area contributed by atoms with Crippen LogP contribution in [0.15, 0.2) is 18.2 Å². The maximum absolute atomic E-state index is 13.0. The van der Waals surface area contributed by atoms with Crippen molar-refractivity contribution in [3.05, 3.63) is 29.6 Å². The van der Waals surface area contributed by atoms with Gasteiger partial charge >= 0.3 is 0 Å². The van der Waals surface area contributed by atoms with Crippen LogP contribution in [-0.4, -0.2) is 17.5 Å². The molecule has 2 rings (SSSR count). The summed E-state index contributed by atoms with van der Waals surface area (Å²) in [6.45, 7) is 4.19. The first-order chi connectivity index (χ1) is 8.20. The van der Waals surface area contributed by atoms with E-state index in [9.17, 15) is 4.39 Å². The number of nitrogens with two attached hydrogens (primary N) is 1. The number of hydrogen-bond donors (Lipinski definition) is 1. The van der Waals surface area contributed by atoms with Gasteiger partial charge in [0.05, 0.1) is 0 Å². The first kappa shape index (κ1) is 12.4. The number of nitrogen functional groups attached to an aromatic ring is 1. The molecule has 1 aliphatic carbocycles. The Morgan fingerprint density at radius 3 is 2.76 bits per heavy atom. The van der Waals surface area contributed by atoms with E-state index in [1.165, 1.54) is 37.8 Å². The first-order valence-electron chi connectivity index (χ1n) is 6.48. The minimum absolute atomic E-state index is 0.252. The summed E-state index contributed by atoms with van der Waals surface area (Å²) in [6.07, 6.45) is 5.02. The van der Waals surface area contributed by atoms with Gasteiger partial charge in [-0.1, -0.05) is 19.4 Å². The molecule has 1 aromatic carbocycles. The second kappa shape index (κ2) is 5.50. The Kier molecular flexibility index (Phi) is 4.00. The van der Waals surface area contributed by atoms with Gasteiger partial charge in [-0.25, -0.2) is 4.39 Å². The highest BCUT2D eigenvalue weighted by molar-refractivity contribution is 5.46. The van der Waals surface area contributed by atoms with Gasteiger partial charge < -0.3 is 5.73 Å². The van der Waals surface area contributed by atoms with E-state index in [1.54, 1.807) is 0 Å². The molecule has 2 nitrogen and oxygen atoms in total. The number of benzene rings is 1. The zero-order valence-electron chi connectivity index (χ0n) is 10.5. The molecule has 1 saturated carbocycles. The normalized spacial score (nSPS) is 15.5. The van der Waals surface area contributed by atoms with Crippen LogP contribution in [0.4, 0.5) is 10.1 Å². The van der Waals surface area contributed by atoms with Crippen LogP contribution in [0, 0.1) is 5.82 Å². The largest absolute Gasteiger partial charge is 0.398 e. The molecular weight excluding hydrogens is 215 g/mol. The molecule has 1 fully saturated rings. The van der Waals surface area contributed by atoms with E-state index in [-0.39, 0.29) is 5.82 Å². The second-order valence-electron chi connectivity index (χ2n) is 4.90. The van der Waals surface area contributed by atoms with Gasteiger partial charge in [-0.05, 0) is 43.5 Å². The fourth-order valence-electron chi connectivity index (χ4n) is 2.12. The lowest BCUT2D eigenvalue weighted by molar-refractivity contribution is 0.251. The third-order valence-electron chi connectivity index (χ3n) is 3.34. The lowest BCUT2D eigenvalue weighted by Gasteiger charge is -2.22. The number of halogens is 1. The Balaban J connectivity index is 2.00. The summed E-state index contributed by atoms with van der Waals surface area (Å²) >= 11 is 0. The molecule has 0 aliphatic heterocycles. The Morgan fingerprint density at radius 2 is 2.18 bits per heavy atom. The number of unbranched alkanes of at least 4 members (excludes halogenated alkanes) is 1. The number of nitrogens with zero attached hydrogens (tertiary/aromatic N) is 1. The van der Waals surface area contributed by atoms with Crippen molar-refractivity contribution in [2.24, 2.45) is 0 Å². The van der Waals surface area contributed by atoms with E-state index < -0.39 is 0 Å². The van der Waals surface area contributed by atoms with Gasteiger partial charge in [-0.3, -0.25) is 4.90 Å². The van der Waals surface area contributed by atoms with Crippen molar-refractivity contribution in [3.63, 3.8) is 0 Å². The molecule has 0 bridgehead atoms. The third kappa shape index (κ3) is 3.43. The average Bonchev–Trinajstić information content (AvgIpc) is 3.11. The smallest absolute Gasteiger partial charge is 0.125 e. The van der Waals surface area contributed by atoms with Gasteiger partial charge in [0, 0.05) is 18.3 Å². The summed E-state index contributed by atoms with van der Waals surface area (Å²) in [4.78, 5) is 2.48. The van der Waals surface area contributed by atoms with Gasteiger partial charge in [0.25, 0.3) is 0 Å². The SMILES string of the molecule is CCCCN(Cc1ccc(F)cc1N)C1CC1. The standard InChI is InChI=1S/C14H21FN2/c1-2-3-8-17(13-6-7-13)10-11-4-5-12(15)9-14(11)16/h4-5,9,13H,2-3,6-8,10,16H2,1H3. The van der Waals surface area contributed by atoms with Gasteiger partial charge in [0.2, 0.25) is 0 Å². The van der Waals surface area contributed by atoms with Crippen LogP contribution in [-0.2, 0) is 6.54 Å². The van der Waals surface area contributed by atoms with Crippen molar-refractivity contribution in [1.29, 1.82) is 0 Å². The van der Waals surface area contributed by atoms with Gasteiger partial charge in [0.1, 0.15) is 5.82 Å². The van der Waals surface area contributed by atoms with Crippen LogP contribution in [0.2, 0.25) is 0 Å². The van der Waals surface area contributed by atoms with Crippen LogP contribution in [0.3, 0.4) is 0 Å². The Labute approximate surface area is 103 Å². The molecule has 0 radical (unpaired) electrons. The second-order valence-corrected chi connectivity index (χ2v) is 4.90. The quantitative estimate of drug-likeness (QED) is 0.769.